The van der Waals surface area contributed by atoms with Crippen LogP contribution < -0.4 is 0 Å². The van der Waals surface area contributed by atoms with E-state index >= 15 is 0 Å². The molecule has 0 aromatic heterocycles. The maximum atomic E-state index is 10.2. The van der Waals surface area contributed by atoms with Crippen molar-refractivity contribution in [3.8, 4) is 0 Å². The van der Waals surface area contributed by atoms with E-state index in [0.29, 0.717) is 12.3 Å². The molecule has 0 aliphatic heterocycles. The maximum absolute atomic E-state index is 10.2. The molecule has 0 aromatic rings. The number of aliphatic carboxylic acids is 1. The topological polar surface area (TPSA) is 77.8 Å². The summed E-state index contributed by atoms with van der Waals surface area (Å²) in [7, 11) is 0. The van der Waals surface area contributed by atoms with Crippen molar-refractivity contribution in [2.24, 2.45) is 5.92 Å². The maximum Gasteiger partial charge on any atom is 0.305 e. The highest BCUT2D eigenvalue weighted by Gasteiger charge is 2.15. The number of carboxylic acid groups (broad SMARTS) is 1. The molecular formula is C10H20O4. The van der Waals surface area contributed by atoms with Crippen LogP contribution >= 0.6 is 0 Å². The Morgan fingerprint density at radius 2 is 1.71 bits per heavy atom. The summed E-state index contributed by atoms with van der Waals surface area (Å²) in [5.41, 5.74) is 0. The van der Waals surface area contributed by atoms with Crippen LogP contribution in [-0.2, 0) is 4.79 Å². The van der Waals surface area contributed by atoms with Crippen LogP contribution in [0.2, 0.25) is 0 Å². The molecule has 0 aliphatic carbocycles. The molecule has 4 heteroatoms. The van der Waals surface area contributed by atoms with Gasteiger partial charge in [0.25, 0.3) is 0 Å². The molecular weight excluding hydrogens is 184 g/mol. The van der Waals surface area contributed by atoms with Gasteiger partial charge in [-0.25, -0.2) is 0 Å². The SMILES string of the molecule is CC(C)CCC(O)C[C@@H](O)CC(=O)O. The number of carboxylic acids is 1. The van der Waals surface area contributed by atoms with Crippen LogP contribution in [-0.4, -0.2) is 33.5 Å². The fraction of sp³-hybridized carbons (Fsp3) is 0.900. The van der Waals surface area contributed by atoms with E-state index in [0.717, 1.165) is 6.42 Å². The van der Waals surface area contributed by atoms with E-state index < -0.39 is 18.2 Å². The largest absolute Gasteiger partial charge is 0.481 e. The minimum atomic E-state index is -1.03. The number of aliphatic hydroxyl groups excluding tert-OH is 2. The number of hydrogen-bond acceptors (Lipinski definition) is 3. The fourth-order valence-corrected chi connectivity index (χ4v) is 1.24. The van der Waals surface area contributed by atoms with E-state index in [9.17, 15) is 15.0 Å². The van der Waals surface area contributed by atoms with Gasteiger partial charge in [0.1, 0.15) is 0 Å². The zero-order valence-corrected chi connectivity index (χ0v) is 8.81. The van der Waals surface area contributed by atoms with Crippen LogP contribution in [0.15, 0.2) is 0 Å². The second kappa shape index (κ2) is 6.79. The highest BCUT2D eigenvalue weighted by atomic mass is 16.4. The highest BCUT2D eigenvalue weighted by molar-refractivity contribution is 5.67. The molecule has 0 radical (unpaired) electrons. The molecule has 0 heterocycles. The lowest BCUT2D eigenvalue weighted by Crippen LogP contribution is -2.20. The first-order valence-electron chi connectivity index (χ1n) is 4.99. The molecule has 3 N–H and O–H groups in total. The molecule has 0 saturated carbocycles. The molecule has 14 heavy (non-hydrogen) atoms. The Bertz CT molecular complexity index is 168. The highest BCUT2D eigenvalue weighted by Crippen LogP contribution is 2.11. The first-order valence-corrected chi connectivity index (χ1v) is 4.99. The van der Waals surface area contributed by atoms with Gasteiger partial charge in [-0.2, -0.15) is 0 Å². The van der Waals surface area contributed by atoms with Gasteiger partial charge in [0.2, 0.25) is 0 Å². The van der Waals surface area contributed by atoms with Gasteiger partial charge in [0.05, 0.1) is 18.6 Å². The van der Waals surface area contributed by atoms with Gasteiger partial charge in [-0.1, -0.05) is 13.8 Å². The predicted octanol–water partition coefficient (Wildman–Crippen LogP) is 1.01. The van der Waals surface area contributed by atoms with Crippen molar-refractivity contribution >= 4 is 5.97 Å². The van der Waals surface area contributed by atoms with E-state index in [1.54, 1.807) is 0 Å². The first kappa shape index (κ1) is 13.4. The van der Waals surface area contributed by atoms with E-state index in [1.807, 2.05) is 0 Å². The number of carbonyl (C=O) groups is 1. The minimum absolute atomic E-state index is 0.152. The quantitative estimate of drug-likeness (QED) is 0.578. The zero-order chi connectivity index (χ0) is 11.1. The summed E-state index contributed by atoms with van der Waals surface area (Å²) in [5, 5.41) is 27.0. The molecule has 1 unspecified atom stereocenters. The third-order valence-corrected chi connectivity index (χ3v) is 2.03. The van der Waals surface area contributed by atoms with Crippen LogP contribution in [0.4, 0.5) is 0 Å². The van der Waals surface area contributed by atoms with Crippen LogP contribution in [0, 0.1) is 5.92 Å². The normalized spacial score (nSPS) is 15.5. The number of rotatable bonds is 7. The average Bonchev–Trinajstić information content (AvgIpc) is 1.98. The molecule has 0 aromatic carbocycles. The Morgan fingerprint density at radius 3 is 2.14 bits per heavy atom. The van der Waals surface area contributed by atoms with Gasteiger partial charge in [-0.3, -0.25) is 4.79 Å². The summed E-state index contributed by atoms with van der Waals surface area (Å²) in [5.74, 6) is -0.519. The average molecular weight is 204 g/mol. The lowest BCUT2D eigenvalue weighted by molar-refractivity contribution is -0.139. The van der Waals surface area contributed by atoms with E-state index in [4.69, 9.17) is 5.11 Å². The Balaban J connectivity index is 3.59. The van der Waals surface area contributed by atoms with Crippen molar-refractivity contribution in [1.29, 1.82) is 0 Å². The lowest BCUT2D eigenvalue weighted by Gasteiger charge is -2.14. The van der Waals surface area contributed by atoms with Gasteiger partial charge < -0.3 is 15.3 Å². The minimum Gasteiger partial charge on any atom is -0.481 e. The van der Waals surface area contributed by atoms with Gasteiger partial charge in [-0.15, -0.1) is 0 Å². The van der Waals surface area contributed by atoms with Crippen molar-refractivity contribution in [2.75, 3.05) is 0 Å². The van der Waals surface area contributed by atoms with E-state index in [2.05, 4.69) is 13.8 Å². The van der Waals surface area contributed by atoms with Gasteiger partial charge in [0, 0.05) is 0 Å². The van der Waals surface area contributed by atoms with Crippen molar-refractivity contribution in [3.63, 3.8) is 0 Å². The standard InChI is InChI=1S/C10H20O4/c1-7(2)3-4-8(11)5-9(12)6-10(13)14/h7-9,11-12H,3-6H2,1-2H3,(H,13,14)/t8?,9-/m1/s1. The zero-order valence-electron chi connectivity index (χ0n) is 8.81. The molecule has 0 aliphatic rings. The molecule has 0 saturated heterocycles. The van der Waals surface area contributed by atoms with Crippen LogP contribution in [0.5, 0.6) is 0 Å². The monoisotopic (exact) mass is 204 g/mol. The molecule has 2 atom stereocenters. The lowest BCUT2D eigenvalue weighted by atomic mass is 10.0. The van der Waals surface area contributed by atoms with E-state index in [-0.39, 0.29) is 12.8 Å². The third-order valence-electron chi connectivity index (χ3n) is 2.03. The third kappa shape index (κ3) is 8.01. The Hall–Kier alpha value is -0.610. The van der Waals surface area contributed by atoms with Crippen LogP contribution in [0.1, 0.15) is 39.5 Å². The summed E-state index contributed by atoms with van der Waals surface area (Å²) >= 11 is 0. The van der Waals surface area contributed by atoms with Crippen molar-refractivity contribution in [1.82, 2.24) is 0 Å². The summed E-state index contributed by atoms with van der Waals surface area (Å²) in [4.78, 5) is 10.2. The summed E-state index contributed by atoms with van der Waals surface area (Å²) in [6, 6.07) is 0. The summed E-state index contributed by atoms with van der Waals surface area (Å²) in [6.45, 7) is 4.11. The second-order valence-corrected chi connectivity index (χ2v) is 4.11. The summed E-state index contributed by atoms with van der Waals surface area (Å²) in [6.07, 6.45) is -0.158. The van der Waals surface area contributed by atoms with Crippen LogP contribution in [0.25, 0.3) is 0 Å². The first-order chi connectivity index (χ1) is 6.41. The van der Waals surface area contributed by atoms with Crippen molar-refractivity contribution < 1.29 is 20.1 Å². The molecule has 4 nitrogen and oxygen atoms in total. The van der Waals surface area contributed by atoms with Gasteiger partial charge in [0.15, 0.2) is 0 Å². The number of aliphatic hydroxyl groups is 2. The smallest absolute Gasteiger partial charge is 0.305 e. The van der Waals surface area contributed by atoms with E-state index in [1.165, 1.54) is 0 Å². The van der Waals surface area contributed by atoms with Gasteiger partial charge >= 0.3 is 5.97 Å². The molecule has 0 amide bonds. The molecule has 0 bridgehead atoms. The second-order valence-electron chi connectivity index (χ2n) is 4.11. The number of hydrogen-bond donors (Lipinski definition) is 3. The summed E-state index contributed by atoms with van der Waals surface area (Å²) < 4.78 is 0. The molecule has 0 spiro atoms. The Labute approximate surface area is 84.6 Å². The van der Waals surface area contributed by atoms with Crippen LogP contribution in [0.3, 0.4) is 0 Å². The Kier molecular flexibility index (Phi) is 6.49. The van der Waals surface area contributed by atoms with Crippen molar-refractivity contribution in [3.05, 3.63) is 0 Å². The predicted molar refractivity (Wildman–Crippen MR) is 53.0 cm³/mol. The van der Waals surface area contributed by atoms with Crippen molar-refractivity contribution in [2.45, 2.75) is 51.7 Å². The fourth-order valence-electron chi connectivity index (χ4n) is 1.24. The van der Waals surface area contributed by atoms with Gasteiger partial charge in [-0.05, 0) is 25.2 Å². The molecule has 84 valence electrons. The Morgan fingerprint density at radius 1 is 1.14 bits per heavy atom. The molecule has 0 fully saturated rings. The molecule has 0 rings (SSSR count).